The molecule has 0 saturated carbocycles. The summed E-state index contributed by atoms with van der Waals surface area (Å²) < 4.78 is 15.0. The van der Waals surface area contributed by atoms with Gasteiger partial charge in [0.25, 0.3) is 5.91 Å². The highest BCUT2D eigenvalue weighted by molar-refractivity contribution is 5.98. The predicted octanol–water partition coefficient (Wildman–Crippen LogP) is 2.52. The molecule has 3 heterocycles. The summed E-state index contributed by atoms with van der Waals surface area (Å²) in [4.78, 5) is 18.6. The Morgan fingerprint density at radius 3 is 2.55 bits per heavy atom. The molecule has 4 rings (SSSR count). The fourth-order valence-corrected chi connectivity index (χ4v) is 4.04. The van der Waals surface area contributed by atoms with Crippen LogP contribution in [0.2, 0.25) is 0 Å². The van der Waals surface area contributed by atoms with Crippen molar-refractivity contribution in [2.24, 2.45) is 11.5 Å². The zero-order chi connectivity index (χ0) is 22.0. The maximum Gasteiger partial charge on any atom is 0.254 e. The first kappa shape index (κ1) is 20.8. The summed E-state index contributed by atoms with van der Waals surface area (Å²) in [5.41, 5.74) is 14.6. The van der Waals surface area contributed by atoms with Crippen molar-refractivity contribution in [3.8, 4) is 0 Å². The SMILES string of the molecule is Cc1ccncc1N1CCC(CN)(n2cc(C(N)=O)c(Nc3ccc(F)cc3)n2)CC1. The van der Waals surface area contributed by atoms with Gasteiger partial charge in [-0.2, -0.15) is 5.10 Å². The highest BCUT2D eigenvalue weighted by Crippen LogP contribution is 2.34. The number of carbonyl (C=O) groups is 1. The van der Waals surface area contributed by atoms with Gasteiger partial charge < -0.3 is 21.7 Å². The number of nitrogens with one attached hydrogen (secondary N) is 1. The average molecular weight is 423 g/mol. The number of rotatable bonds is 6. The predicted molar refractivity (Wildman–Crippen MR) is 118 cm³/mol. The molecule has 0 unspecified atom stereocenters. The van der Waals surface area contributed by atoms with Crippen LogP contribution in [0.4, 0.5) is 21.6 Å². The fourth-order valence-electron chi connectivity index (χ4n) is 4.04. The second-order valence-electron chi connectivity index (χ2n) is 7.91. The number of benzene rings is 1. The van der Waals surface area contributed by atoms with Gasteiger partial charge in [-0.1, -0.05) is 0 Å². The fraction of sp³-hybridized carbons (Fsp3) is 0.318. The van der Waals surface area contributed by atoms with Gasteiger partial charge in [-0.3, -0.25) is 14.5 Å². The molecule has 8 nitrogen and oxygen atoms in total. The number of primary amides is 1. The molecule has 0 aliphatic carbocycles. The first-order valence-electron chi connectivity index (χ1n) is 10.2. The molecule has 2 aromatic heterocycles. The monoisotopic (exact) mass is 423 g/mol. The lowest BCUT2D eigenvalue weighted by Crippen LogP contribution is -2.51. The van der Waals surface area contributed by atoms with E-state index >= 15 is 0 Å². The number of hydrogen-bond acceptors (Lipinski definition) is 6. The zero-order valence-electron chi connectivity index (χ0n) is 17.4. The van der Waals surface area contributed by atoms with Crippen molar-refractivity contribution in [3.05, 3.63) is 65.9 Å². The van der Waals surface area contributed by atoms with Gasteiger partial charge in [0.05, 0.1) is 17.4 Å². The topological polar surface area (TPSA) is 115 Å². The number of piperidine rings is 1. The lowest BCUT2D eigenvalue weighted by molar-refractivity contribution is 0.100. The van der Waals surface area contributed by atoms with Gasteiger partial charge in [0, 0.05) is 37.7 Å². The third-order valence-electron chi connectivity index (χ3n) is 6.00. The largest absolute Gasteiger partial charge is 0.370 e. The van der Waals surface area contributed by atoms with Crippen LogP contribution in [0.15, 0.2) is 48.9 Å². The summed E-state index contributed by atoms with van der Waals surface area (Å²) in [5, 5.41) is 7.70. The summed E-state index contributed by atoms with van der Waals surface area (Å²) in [6.07, 6.45) is 6.85. The number of aromatic nitrogens is 3. The Hall–Kier alpha value is -3.46. The Kier molecular flexibility index (Phi) is 5.60. The standard InChI is InChI=1S/C22H26FN7O/c1-15-6-9-26-12-19(15)29-10-7-22(14-24,8-11-29)30-13-18(20(25)31)21(28-30)27-17-4-2-16(23)3-5-17/h2-6,9,12-13H,7-8,10-11,14,24H2,1H3,(H2,25,31)(H,27,28). The Morgan fingerprint density at radius 1 is 1.23 bits per heavy atom. The van der Waals surface area contributed by atoms with Crippen LogP contribution in [-0.2, 0) is 5.54 Å². The highest BCUT2D eigenvalue weighted by atomic mass is 19.1. The minimum Gasteiger partial charge on any atom is -0.370 e. The van der Waals surface area contributed by atoms with Crippen LogP contribution in [-0.4, -0.2) is 40.3 Å². The van der Waals surface area contributed by atoms with Gasteiger partial charge in [-0.25, -0.2) is 4.39 Å². The van der Waals surface area contributed by atoms with Gasteiger partial charge in [-0.05, 0) is 55.7 Å². The Balaban J connectivity index is 1.59. The average Bonchev–Trinajstić information content (AvgIpc) is 3.21. The van der Waals surface area contributed by atoms with E-state index in [0.717, 1.165) is 31.6 Å². The molecule has 0 atom stereocenters. The van der Waals surface area contributed by atoms with E-state index in [2.05, 4.69) is 27.2 Å². The second-order valence-corrected chi connectivity index (χ2v) is 7.91. The summed E-state index contributed by atoms with van der Waals surface area (Å²) in [7, 11) is 0. The van der Waals surface area contributed by atoms with E-state index in [1.165, 1.54) is 17.7 Å². The van der Waals surface area contributed by atoms with E-state index in [9.17, 15) is 9.18 Å². The van der Waals surface area contributed by atoms with Gasteiger partial charge in [0.2, 0.25) is 0 Å². The second kappa shape index (κ2) is 8.35. The van der Waals surface area contributed by atoms with Crippen molar-refractivity contribution >= 4 is 23.1 Å². The van der Waals surface area contributed by atoms with Crippen molar-refractivity contribution in [1.82, 2.24) is 14.8 Å². The number of halogens is 1. The van der Waals surface area contributed by atoms with Crippen LogP contribution in [0.1, 0.15) is 28.8 Å². The van der Waals surface area contributed by atoms with Gasteiger partial charge >= 0.3 is 0 Å². The number of anilines is 3. The molecule has 1 fully saturated rings. The molecular formula is C22H26FN7O. The van der Waals surface area contributed by atoms with Gasteiger partial charge in [0.15, 0.2) is 5.82 Å². The number of nitrogens with two attached hydrogens (primary N) is 2. The maximum absolute atomic E-state index is 13.2. The number of nitrogens with zero attached hydrogens (tertiary/aromatic N) is 4. The third kappa shape index (κ3) is 4.09. The molecule has 0 radical (unpaired) electrons. The first-order valence-corrected chi connectivity index (χ1v) is 10.2. The Labute approximate surface area is 180 Å². The van der Waals surface area contributed by atoms with Crippen LogP contribution in [0.5, 0.6) is 0 Å². The lowest BCUT2D eigenvalue weighted by Gasteiger charge is -2.42. The van der Waals surface area contributed by atoms with E-state index in [4.69, 9.17) is 11.5 Å². The Bertz CT molecular complexity index is 1070. The number of pyridine rings is 1. The Morgan fingerprint density at radius 2 is 1.94 bits per heavy atom. The number of amides is 1. The van der Waals surface area contributed by atoms with Crippen LogP contribution in [0.3, 0.4) is 0 Å². The van der Waals surface area contributed by atoms with Crippen LogP contribution in [0.25, 0.3) is 0 Å². The van der Waals surface area contributed by atoms with Crippen LogP contribution in [0, 0.1) is 12.7 Å². The van der Waals surface area contributed by atoms with Crippen molar-refractivity contribution in [3.63, 3.8) is 0 Å². The van der Waals surface area contributed by atoms with Crippen molar-refractivity contribution in [2.45, 2.75) is 25.3 Å². The summed E-state index contributed by atoms with van der Waals surface area (Å²) in [6.45, 7) is 4.02. The summed E-state index contributed by atoms with van der Waals surface area (Å²) in [5.74, 6) is -0.604. The van der Waals surface area contributed by atoms with Crippen molar-refractivity contribution in [1.29, 1.82) is 0 Å². The first-order chi connectivity index (χ1) is 14.9. The molecule has 0 spiro atoms. The number of carbonyl (C=O) groups excluding carboxylic acids is 1. The molecule has 5 N–H and O–H groups in total. The number of hydrogen-bond donors (Lipinski definition) is 3. The maximum atomic E-state index is 13.2. The van der Waals surface area contributed by atoms with E-state index < -0.39 is 11.4 Å². The zero-order valence-corrected chi connectivity index (χ0v) is 17.4. The molecule has 1 aromatic carbocycles. The van der Waals surface area contributed by atoms with Crippen LogP contribution < -0.4 is 21.7 Å². The molecular weight excluding hydrogens is 397 g/mol. The molecule has 0 bridgehead atoms. The van der Waals surface area contributed by atoms with E-state index in [-0.39, 0.29) is 11.4 Å². The van der Waals surface area contributed by atoms with Gasteiger partial charge in [0.1, 0.15) is 11.4 Å². The van der Waals surface area contributed by atoms with E-state index in [0.29, 0.717) is 18.1 Å². The number of aryl methyl sites for hydroxylation is 1. The van der Waals surface area contributed by atoms with Crippen molar-refractivity contribution in [2.75, 3.05) is 29.9 Å². The molecule has 1 aliphatic heterocycles. The quantitative estimate of drug-likeness (QED) is 0.561. The third-order valence-corrected chi connectivity index (χ3v) is 6.00. The highest BCUT2D eigenvalue weighted by Gasteiger charge is 2.37. The normalized spacial score (nSPS) is 15.6. The minimum absolute atomic E-state index is 0.266. The molecule has 3 aromatic rings. The molecule has 9 heteroatoms. The lowest BCUT2D eigenvalue weighted by atomic mass is 9.87. The molecule has 31 heavy (non-hydrogen) atoms. The summed E-state index contributed by atoms with van der Waals surface area (Å²) >= 11 is 0. The molecule has 1 saturated heterocycles. The molecule has 1 amide bonds. The smallest absolute Gasteiger partial charge is 0.254 e. The van der Waals surface area contributed by atoms with E-state index in [1.54, 1.807) is 29.2 Å². The van der Waals surface area contributed by atoms with Gasteiger partial charge in [-0.15, -0.1) is 0 Å². The minimum atomic E-state index is -0.591. The van der Waals surface area contributed by atoms with Crippen molar-refractivity contribution < 1.29 is 9.18 Å². The molecule has 1 aliphatic rings. The molecule has 162 valence electrons. The summed E-state index contributed by atoms with van der Waals surface area (Å²) in [6, 6.07) is 7.82. The van der Waals surface area contributed by atoms with Crippen LogP contribution >= 0.6 is 0 Å². The van der Waals surface area contributed by atoms with E-state index in [1.807, 2.05) is 12.3 Å².